The molecule has 0 aliphatic carbocycles. The third-order valence-corrected chi connectivity index (χ3v) is 4.52. The molecule has 2 heterocycles. The molecule has 8 heteroatoms. The van der Waals surface area contributed by atoms with E-state index >= 15 is 0 Å². The van der Waals surface area contributed by atoms with E-state index in [1.54, 1.807) is 17.0 Å². The zero-order valence-electron chi connectivity index (χ0n) is 15.6. The van der Waals surface area contributed by atoms with Gasteiger partial charge in [-0.15, -0.1) is 0 Å². The third-order valence-electron chi connectivity index (χ3n) is 4.52. The SMILES string of the molecule is O=C(CN1CCN(C(=O)CCNC(=O)c2ccco2)CC1)Nc1ccccc1. The highest BCUT2D eigenvalue weighted by atomic mass is 16.3. The molecule has 0 bridgehead atoms. The summed E-state index contributed by atoms with van der Waals surface area (Å²) in [7, 11) is 0. The predicted molar refractivity (Wildman–Crippen MR) is 104 cm³/mol. The Labute approximate surface area is 163 Å². The van der Waals surface area contributed by atoms with Gasteiger partial charge in [0.25, 0.3) is 5.91 Å². The van der Waals surface area contributed by atoms with E-state index in [-0.39, 0.29) is 36.4 Å². The fourth-order valence-corrected chi connectivity index (χ4v) is 3.02. The lowest BCUT2D eigenvalue weighted by Gasteiger charge is -2.34. The zero-order chi connectivity index (χ0) is 19.8. The Balaban J connectivity index is 1.33. The first-order valence-electron chi connectivity index (χ1n) is 9.28. The van der Waals surface area contributed by atoms with Gasteiger partial charge in [-0.3, -0.25) is 19.3 Å². The number of hydrogen-bond acceptors (Lipinski definition) is 5. The van der Waals surface area contributed by atoms with E-state index in [4.69, 9.17) is 4.42 Å². The molecule has 1 aliphatic heterocycles. The van der Waals surface area contributed by atoms with Crippen molar-refractivity contribution < 1.29 is 18.8 Å². The Morgan fingerprint density at radius 2 is 1.71 bits per heavy atom. The summed E-state index contributed by atoms with van der Waals surface area (Å²) >= 11 is 0. The number of anilines is 1. The van der Waals surface area contributed by atoms with Crippen LogP contribution in [0.15, 0.2) is 53.1 Å². The molecule has 8 nitrogen and oxygen atoms in total. The molecule has 0 spiro atoms. The molecule has 0 unspecified atom stereocenters. The molecule has 1 aromatic heterocycles. The van der Waals surface area contributed by atoms with Crippen LogP contribution < -0.4 is 10.6 Å². The molecule has 2 aromatic rings. The standard InChI is InChI=1S/C20H24N4O4/c25-18(22-16-5-2-1-3-6-16)15-23-10-12-24(13-11-23)19(26)8-9-21-20(27)17-7-4-14-28-17/h1-7,14H,8-13,15H2,(H,21,27)(H,22,25). The number of nitrogens with one attached hydrogen (secondary N) is 2. The van der Waals surface area contributed by atoms with Gasteiger partial charge < -0.3 is 20.0 Å². The lowest BCUT2D eigenvalue weighted by atomic mass is 10.2. The summed E-state index contributed by atoms with van der Waals surface area (Å²) in [5.74, 6) is -0.165. The monoisotopic (exact) mass is 384 g/mol. The summed E-state index contributed by atoms with van der Waals surface area (Å²) in [6, 6.07) is 12.5. The van der Waals surface area contributed by atoms with Crippen molar-refractivity contribution in [1.29, 1.82) is 0 Å². The maximum absolute atomic E-state index is 12.3. The van der Waals surface area contributed by atoms with Crippen molar-refractivity contribution in [3.8, 4) is 0 Å². The summed E-state index contributed by atoms with van der Waals surface area (Å²) in [4.78, 5) is 40.0. The molecule has 28 heavy (non-hydrogen) atoms. The minimum atomic E-state index is -0.327. The second kappa shape index (κ2) is 9.70. The van der Waals surface area contributed by atoms with E-state index in [0.29, 0.717) is 32.7 Å². The zero-order valence-corrected chi connectivity index (χ0v) is 15.6. The number of hydrogen-bond donors (Lipinski definition) is 2. The van der Waals surface area contributed by atoms with Crippen LogP contribution in [0.5, 0.6) is 0 Å². The average molecular weight is 384 g/mol. The van der Waals surface area contributed by atoms with Crippen molar-refractivity contribution in [1.82, 2.24) is 15.1 Å². The van der Waals surface area contributed by atoms with Crippen LogP contribution >= 0.6 is 0 Å². The molecule has 148 valence electrons. The Morgan fingerprint density at radius 3 is 2.39 bits per heavy atom. The summed E-state index contributed by atoms with van der Waals surface area (Å²) in [6.45, 7) is 3.00. The van der Waals surface area contributed by atoms with Crippen LogP contribution in [0.3, 0.4) is 0 Å². The first-order valence-corrected chi connectivity index (χ1v) is 9.28. The molecule has 2 N–H and O–H groups in total. The molecule has 1 saturated heterocycles. The normalized spacial score (nSPS) is 14.5. The highest BCUT2D eigenvalue weighted by Crippen LogP contribution is 2.07. The number of furan rings is 1. The molecular weight excluding hydrogens is 360 g/mol. The minimum absolute atomic E-state index is 0.00636. The second-order valence-electron chi connectivity index (χ2n) is 6.55. The van der Waals surface area contributed by atoms with Crippen LogP contribution in [-0.4, -0.2) is 66.8 Å². The molecule has 1 aromatic carbocycles. The van der Waals surface area contributed by atoms with Gasteiger partial charge in [0.15, 0.2) is 5.76 Å². The van der Waals surface area contributed by atoms with Crippen LogP contribution in [0.1, 0.15) is 17.0 Å². The predicted octanol–water partition coefficient (Wildman–Crippen LogP) is 1.18. The Hall–Kier alpha value is -3.13. The number of amides is 3. The van der Waals surface area contributed by atoms with E-state index < -0.39 is 0 Å². The molecule has 1 fully saturated rings. The molecule has 0 radical (unpaired) electrons. The Kier molecular flexibility index (Phi) is 6.80. The lowest BCUT2D eigenvalue weighted by Crippen LogP contribution is -2.50. The largest absolute Gasteiger partial charge is 0.459 e. The van der Waals surface area contributed by atoms with Gasteiger partial charge in [0.1, 0.15) is 0 Å². The minimum Gasteiger partial charge on any atom is -0.459 e. The Bertz CT molecular complexity index is 784. The van der Waals surface area contributed by atoms with E-state index in [2.05, 4.69) is 10.6 Å². The number of rotatable bonds is 7. The van der Waals surface area contributed by atoms with Gasteiger partial charge in [0.2, 0.25) is 11.8 Å². The maximum Gasteiger partial charge on any atom is 0.286 e. The number of nitrogens with zero attached hydrogens (tertiary/aromatic N) is 2. The average Bonchev–Trinajstić information content (AvgIpc) is 3.24. The van der Waals surface area contributed by atoms with E-state index in [1.165, 1.54) is 6.26 Å². The van der Waals surface area contributed by atoms with Gasteiger partial charge in [0.05, 0.1) is 12.8 Å². The smallest absolute Gasteiger partial charge is 0.286 e. The van der Waals surface area contributed by atoms with Crippen molar-refractivity contribution in [2.24, 2.45) is 0 Å². The fraction of sp³-hybridized carbons (Fsp3) is 0.350. The van der Waals surface area contributed by atoms with Gasteiger partial charge in [-0.1, -0.05) is 18.2 Å². The quantitative estimate of drug-likeness (QED) is 0.748. The third kappa shape index (κ3) is 5.68. The van der Waals surface area contributed by atoms with E-state index in [9.17, 15) is 14.4 Å². The second-order valence-corrected chi connectivity index (χ2v) is 6.55. The first kappa shape index (κ1) is 19.6. The van der Waals surface area contributed by atoms with Crippen molar-refractivity contribution >= 4 is 23.4 Å². The molecule has 1 aliphatic rings. The van der Waals surface area contributed by atoms with Gasteiger partial charge in [0, 0.05) is 44.8 Å². The summed E-state index contributed by atoms with van der Waals surface area (Å²) in [6.07, 6.45) is 1.67. The number of benzene rings is 1. The van der Waals surface area contributed by atoms with Gasteiger partial charge in [-0.05, 0) is 24.3 Å². The topological polar surface area (TPSA) is 94.9 Å². The van der Waals surface area contributed by atoms with Crippen LogP contribution in [0.2, 0.25) is 0 Å². The van der Waals surface area contributed by atoms with Crippen LogP contribution in [0.25, 0.3) is 0 Å². The highest BCUT2D eigenvalue weighted by Gasteiger charge is 2.22. The number of carbonyl (C=O) groups excluding carboxylic acids is 3. The fourth-order valence-electron chi connectivity index (χ4n) is 3.02. The number of para-hydroxylation sites is 1. The molecular formula is C20H24N4O4. The van der Waals surface area contributed by atoms with E-state index in [0.717, 1.165) is 5.69 Å². The van der Waals surface area contributed by atoms with E-state index in [1.807, 2.05) is 35.2 Å². The van der Waals surface area contributed by atoms with Gasteiger partial charge in [-0.25, -0.2) is 0 Å². The molecule has 3 amide bonds. The van der Waals surface area contributed by atoms with Crippen molar-refractivity contribution in [3.63, 3.8) is 0 Å². The number of carbonyl (C=O) groups is 3. The van der Waals surface area contributed by atoms with Crippen molar-refractivity contribution in [3.05, 3.63) is 54.5 Å². The molecule has 3 rings (SSSR count). The van der Waals surface area contributed by atoms with Gasteiger partial charge in [-0.2, -0.15) is 0 Å². The van der Waals surface area contributed by atoms with Crippen LogP contribution in [0.4, 0.5) is 5.69 Å². The lowest BCUT2D eigenvalue weighted by molar-refractivity contribution is -0.132. The van der Waals surface area contributed by atoms with Gasteiger partial charge >= 0.3 is 0 Å². The first-order chi connectivity index (χ1) is 13.6. The summed E-state index contributed by atoms with van der Waals surface area (Å²) < 4.78 is 5.00. The summed E-state index contributed by atoms with van der Waals surface area (Å²) in [5, 5.41) is 5.53. The molecule has 0 atom stereocenters. The summed E-state index contributed by atoms with van der Waals surface area (Å²) in [5.41, 5.74) is 0.776. The molecule has 0 saturated carbocycles. The number of piperazine rings is 1. The van der Waals surface area contributed by atoms with Crippen LogP contribution in [0, 0.1) is 0 Å². The maximum atomic E-state index is 12.3. The highest BCUT2D eigenvalue weighted by molar-refractivity contribution is 5.92. The Morgan fingerprint density at radius 1 is 0.964 bits per heavy atom. The van der Waals surface area contributed by atoms with Crippen molar-refractivity contribution in [2.75, 3.05) is 44.6 Å². The van der Waals surface area contributed by atoms with Crippen LogP contribution in [-0.2, 0) is 9.59 Å². The van der Waals surface area contributed by atoms with Crippen molar-refractivity contribution in [2.45, 2.75) is 6.42 Å².